The summed E-state index contributed by atoms with van der Waals surface area (Å²) in [6.45, 7) is 1.93. The summed E-state index contributed by atoms with van der Waals surface area (Å²) in [6, 6.07) is 0. The molecule has 0 aromatic heterocycles. The number of hydrogen-bond donors (Lipinski definition) is 6. The summed E-state index contributed by atoms with van der Waals surface area (Å²) < 4.78 is 31.6. The Morgan fingerprint density at radius 3 is 1.42 bits per heavy atom. The van der Waals surface area contributed by atoms with Crippen molar-refractivity contribution in [1.82, 2.24) is 0 Å². The van der Waals surface area contributed by atoms with Crippen molar-refractivity contribution in [1.29, 1.82) is 5.41 Å². The quantitative estimate of drug-likeness (QED) is 0.153. The molecule has 0 spiro atoms. The Hall–Kier alpha value is -0.900. The monoisotopic (exact) mass is 203 g/mol. The number of aliphatic hydroxyl groups is 1. The smallest absolute Gasteiger partial charge is 0.394 e. The van der Waals surface area contributed by atoms with Gasteiger partial charge >= 0.3 is 10.4 Å². The van der Waals surface area contributed by atoms with Gasteiger partial charge in [0.05, 0.1) is 0 Å². The third-order valence-corrected chi connectivity index (χ3v) is 0. The van der Waals surface area contributed by atoms with Crippen LogP contribution in [-0.2, 0) is 10.4 Å². The molecule has 0 unspecified atom stereocenters. The van der Waals surface area contributed by atoms with Crippen LogP contribution in [0.15, 0.2) is 0 Å². The molecule has 0 heterocycles. The van der Waals surface area contributed by atoms with Gasteiger partial charge in [-0.15, -0.1) is 0 Å². The normalized spacial score (nSPS) is 8.33. The zero-order valence-corrected chi connectivity index (χ0v) is 7.24. The number of nitrogens with one attached hydrogen (secondary N) is 1. The summed E-state index contributed by atoms with van der Waals surface area (Å²) in [4.78, 5) is 0. The molecular weight excluding hydrogens is 190 g/mol. The van der Waals surface area contributed by atoms with Crippen molar-refractivity contribution < 1.29 is 22.6 Å². The van der Waals surface area contributed by atoms with Gasteiger partial charge in [-0.1, -0.05) is 0 Å². The topological polar surface area (TPSA) is 171 Å². The Morgan fingerprint density at radius 2 is 1.42 bits per heavy atom. The highest BCUT2D eigenvalue weighted by atomic mass is 32.3. The molecule has 0 aliphatic rings. The van der Waals surface area contributed by atoms with Crippen molar-refractivity contribution in [2.45, 2.75) is 6.92 Å². The number of hydrogen-bond acceptors (Lipinski definition) is 4. The first-order chi connectivity index (χ1) is 5.15. The van der Waals surface area contributed by atoms with Crippen molar-refractivity contribution in [3.05, 3.63) is 0 Å². The van der Waals surface area contributed by atoms with Crippen LogP contribution < -0.4 is 11.5 Å². The molecule has 0 aliphatic heterocycles. The van der Waals surface area contributed by atoms with Crippen molar-refractivity contribution in [2.24, 2.45) is 11.5 Å². The predicted octanol–water partition coefficient (Wildman–Crippen LogP) is -1.82. The van der Waals surface area contributed by atoms with Gasteiger partial charge in [0.15, 0.2) is 5.96 Å². The van der Waals surface area contributed by atoms with Crippen LogP contribution in [0.3, 0.4) is 0 Å². The van der Waals surface area contributed by atoms with E-state index in [9.17, 15) is 0 Å². The summed E-state index contributed by atoms with van der Waals surface area (Å²) in [5.74, 6) is -0.333. The number of aliphatic hydroxyl groups excluding tert-OH is 1. The third kappa shape index (κ3) is 737. The molecule has 0 aliphatic carbocycles. The van der Waals surface area contributed by atoms with Crippen LogP contribution in [-0.4, -0.2) is 35.2 Å². The average Bonchev–Trinajstić information content (AvgIpc) is 1.56. The van der Waals surface area contributed by atoms with Crippen LogP contribution in [0.5, 0.6) is 0 Å². The Labute approximate surface area is 70.3 Å². The first-order valence-electron chi connectivity index (χ1n) is 2.55. The lowest BCUT2D eigenvalue weighted by Gasteiger charge is -1.69. The van der Waals surface area contributed by atoms with E-state index in [2.05, 4.69) is 11.5 Å². The predicted molar refractivity (Wildman–Crippen MR) is 43.0 cm³/mol. The molecule has 0 saturated carbocycles. The molecule has 0 radical (unpaired) electrons. The van der Waals surface area contributed by atoms with Crippen molar-refractivity contribution in [3.8, 4) is 0 Å². The molecule has 8 nitrogen and oxygen atoms in total. The fourth-order valence-electron chi connectivity index (χ4n) is 0. The van der Waals surface area contributed by atoms with Crippen LogP contribution >= 0.6 is 0 Å². The van der Waals surface area contributed by atoms with Gasteiger partial charge in [-0.25, -0.2) is 0 Å². The van der Waals surface area contributed by atoms with E-state index in [0.717, 1.165) is 0 Å². The van der Waals surface area contributed by atoms with E-state index in [1.165, 1.54) is 0 Å². The Kier molecular flexibility index (Phi) is 14.5. The van der Waals surface area contributed by atoms with Crippen LogP contribution in [0.25, 0.3) is 0 Å². The highest BCUT2D eigenvalue weighted by Crippen LogP contribution is 1.59. The Balaban J connectivity index is -0.000000105. The molecule has 12 heavy (non-hydrogen) atoms. The van der Waals surface area contributed by atoms with Crippen molar-refractivity contribution in [2.75, 3.05) is 6.61 Å². The third-order valence-electron chi connectivity index (χ3n) is 0. The minimum absolute atomic E-state index is 0.250. The second-order valence-electron chi connectivity index (χ2n) is 1.22. The standard InChI is InChI=1S/C2H6O.CH5N3.H2O4S/c1-2-3;2-1(3)4;1-5(2,3)4/h3H,2H2,1H3;(H5,2,3,4);(H2,1,2,3,4). The van der Waals surface area contributed by atoms with Gasteiger partial charge < -0.3 is 16.6 Å². The second kappa shape index (κ2) is 10.1. The number of rotatable bonds is 0. The molecule has 0 rings (SSSR count). The molecule has 0 saturated heterocycles. The van der Waals surface area contributed by atoms with E-state index >= 15 is 0 Å². The molecule has 76 valence electrons. The second-order valence-corrected chi connectivity index (χ2v) is 2.12. The van der Waals surface area contributed by atoms with Gasteiger partial charge in [0.2, 0.25) is 0 Å². The zero-order valence-electron chi connectivity index (χ0n) is 6.43. The van der Waals surface area contributed by atoms with E-state index in [1.54, 1.807) is 6.92 Å². The maximum Gasteiger partial charge on any atom is 0.394 e. The van der Waals surface area contributed by atoms with E-state index in [1.807, 2.05) is 0 Å². The first-order valence-corrected chi connectivity index (χ1v) is 3.95. The van der Waals surface area contributed by atoms with Crippen LogP contribution in [0.2, 0.25) is 0 Å². The van der Waals surface area contributed by atoms with E-state index in [-0.39, 0.29) is 12.6 Å². The molecule has 9 heteroatoms. The Morgan fingerprint density at radius 1 is 1.42 bits per heavy atom. The van der Waals surface area contributed by atoms with Gasteiger partial charge in [0, 0.05) is 6.61 Å². The fraction of sp³-hybridized carbons (Fsp3) is 0.667. The molecule has 0 aromatic rings. The summed E-state index contributed by atoms with van der Waals surface area (Å²) >= 11 is 0. The molecule has 0 bridgehead atoms. The zero-order chi connectivity index (χ0) is 10.8. The van der Waals surface area contributed by atoms with Gasteiger partial charge in [-0.2, -0.15) is 8.42 Å². The average molecular weight is 203 g/mol. The molecule has 0 atom stereocenters. The van der Waals surface area contributed by atoms with Gasteiger partial charge in [-0.05, 0) is 6.92 Å². The minimum Gasteiger partial charge on any atom is -0.397 e. The highest BCUT2D eigenvalue weighted by molar-refractivity contribution is 7.79. The van der Waals surface area contributed by atoms with Crippen LogP contribution in [0.4, 0.5) is 0 Å². The minimum atomic E-state index is -4.67. The van der Waals surface area contributed by atoms with E-state index in [0.29, 0.717) is 0 Å². The maximum absolute atomic E-state index is 8.74. The molecule has 0 fully saturated rings. The largest absolute Gasteiger partial charge is 0.397 e. The van der Waals surface area contributed by atoms with Crippen molar-refractivity contribution >= 4 is 16.4 Å². The lowest BCUT2D eigenvalue weighted by molar-refractivity contribution is 0.318. The van der Waals surface area contributed by atoms with E-state index < -0.39 is 10.4 Å². The van der Waals surface area contributed by atoms with Crippen LogP contribution in [0, 0.1) is 5.41 Å². The van der Waals surface area contributed by atoms with Gasteiger partial charge in [-0.3, -0.25) is 14.5 Å². The molecule has 8 N–H and O–H groups in total. The number of guanidine groups is 1. The summed E-state index contributed by atoms with van der Waals surface area (Å²) in [7, 11) is -4.67. The fourth-order valence-corrected chi connectivity index (χ4v) is 0. The maximum atomic E-state index is 8.74. The molecular formula is C3H13N3O5S. The SMILES string of the molecule is CCO.N=C(N)N.O=S(=O)(O)O. The highest BCUT2D eigenvalue weighted by Gasteiger charge is 1.84. The summed E-state index contributed by atoms with van der Waals surface area (Å²) in [5.41, 5.74) is 8.94. The Bertz CT molecular complexity index is 176. The van der Waals surface area contributed by atoms with Crippen molar-refractivity contribution in [3.63, 3.8) is 0 Å². The van der Waals surface area contributed by atoms with Crippen LogP contribution in [0.1, 0.15) is 6.92 Å². The van der Waals surface area contributed by atoms with Gasteiger partial charge in [0.25, 0.3) is 0 Å². The lowest BCUT2D eigenvalue weighted by atomic mass is 10.9. The summed E-state index contributed by atoms with van der Waals surface area (Å²) in [6.07, 6.45) is 0. The number of nitrogens with two attached hydrogens (primary N) is 2. The van der Waals surface area contributed by atoms with Gasteiger partial charge in [0.1, 0.15) is 0 Å². The molecule has 0 aromatic carbocycles. The van der Waals surface area contributed by atoms with E-state index in [4.69, 9.17) is 28.0 Å². The lowest BCUT2D eigenvalue weighted by Crippen LogP contribution is -2.20. The molecule has 0 amide bonds. The summed E-state index contributed by atoms with van der Waals surface area (Å²) in [5, 5.41) is 13.6. The first kappa shape index (κ1) is 17.3.